The minimum absolute atomic E-state index is 0. The van der Waals surface area contributed by atoms with Gasteiger partial charge in [0, 0.05) is 18.5 Å². The van der Waals surface area contributed by atoms with Crippen molar-refractivity contribution in [2.75, 3.05) is 32.5 Å². The van der Waals surface area contributed by atoms with E-state index in [2.05, 4.69) is 5.32 Å². The first-order chi connectivity index (χ1) is 12.4. The molecule has 2 rings (SSSR count). The van der Waals surface area contributed by atoms with Gasteiger partial charge in [-0.25, -0.2) is 8.42 Å². The number of methoxy groups -OCH3 is 1. The van der Waals surface area contributed by atoms with E-state index in [0.717, 1.165) is 32.4 Å². The second-order valence-corrected chi connectivity index (χ2v) is 8.91. The van der Waals surface area contributed by atoms with Gasteiger partial charge in [0.1, 0.15) is 5.75 Å². The Bertz CT molecular complexity index is 688. The van der Waals surface area contributed by atoms with E-state index < -0.39 is 15.8 Å². The molecule has 1 aliphatic rings. The van der Waals surface area contributed by atoms with Crippen molar-refractivity contribution >= 4 is 28.2 Å². The van der Waals surface area contributed by atoms with E-state index in [-0.39, 0.29) is 35.0 Å². The zero-order valence-corrected chi connectivity index (χ0v) is 17.9. The highest BCUT2D eigenvalue weighted by Gasteiger charge is 2.31. The van der Waals surface area contributed by atoms with E-state index in [1.54, 1.807) is 19.1 Å². The van der Waals surface area contributed by atoms with Crippen molar-refractivity contribution in [2.45, 2.75) is 44.0 Å². The lowest BCUT2D eigenvalue weighted by Crippen LogP contribution is -2.49. The molecule has 1 atom stereocenters. The third-order valence-corrected chi connectivity index (χ3v) is 6.74. The smallest absolute Gasteiger partial charge is 0.226 e. The van der Waals surface area contributed by atoms with Crippen LogP contribution in [0, 0.1) is 5.92 Å². The predicted molar refractivity (Wildman–Crippen MR) is 109 cm³/mol. The van der Waals surface area contributed by atoms with Gasteiger partial charge in [-0.3, -0.25) is 4.79 Å². The highest BCUT2D eigenvalue weighted by atomic mass is 35.5. The summed E-state index contributed by atoms with van der Waals surface area (Å²) in [5.74, 6) is -0.198. The molecule has 154 valence electrons. The maximum absolute atomic E-state index is 13.0. The molecule has 1 aliphatic heterocycles. The Balaban J connectivity index is 0.00000364. The Morgan fingerprint density at radius 2 is 1.85 bits per heavy atom. The topological polar surface area (TPSA) is 75.7 Å². The van der Waals surface area contributed by atoms with Crippen molar-refractivity contribution in [3.05, 3.63) is 24.3 Å². The lowest BCUT2D eigenvalue weighted by molar-refractivity contribution is -0.137. The van der Waals surface area contributed by atoms with Gasteiger partial charge in [-0.2, -0.15) is 0 Å². The molecule has 0 bridgehead atoms. The second-order valence-electron chi connectivity index (χ2n) is 6.87. The van der Waals surface area contributed by atoms with Crippen LogP contribution in [0.15, 0.2) is 29.2 Å². The number of halogens is 1. The minimum atomic E-state index is -3.52. The summed E-state index contributed by atoms with van der Waals surface area (Å²) in [4.78, 5) is 15.1. The molecule has 6 nitrogen and oxygen atoms in total. The minimum Gasteiger partial charge on any atom is -0.497 e. The molecular formula is C19H31ClN2O4S. The molecule has 0 saturated carbocycles. The third kappa shape index (κ3) is 6.36. The van der Waals surface area contributed by atoms with Crippen molar-refractivity contribution < 1.29 is 17.9 Å². The molecule has 1 unspecified atom stereocenters. The number of carbonyl (C=O) groups is 1. The van der Waals surface area contributed by atoms with Gasteiger partial charge in [-0.05, 0) is 56.6 Å². The molecule has 1 amide bonds. The van der Waals surface area contributed by atoms with Crippen molar-refractivity contribution in [1.29, 1.82) is 0 Å². The average Bonchev–Trinajstić information content (AvgIpc) is 2.66. The number of hydrogen-bond donors (Lipinski definition) is 1. The molecule has 8 heteroatoms. The first kappa shape index (κ1) is 23.7. The van der Waals surface area contributed by atoms with Gasteiger partial charge >= 0.3 is 0 Å². The van der Waals surface area contributed by atoms with E-state index in [1.165, 1.54) is 19.2 Å². The van der Waals surface area contributed by atoms with Crippen LogP contribution in [0.2, 0.25) is 0 Å². The van der Waals surface area contributed by atoms with Crippen molar-refractivity contribution in [2.24, 2.45) is 5.92 Å². The number of hydrogen-bond acceptors (Lipinski definition) is 5. The van der Waals surface area contributed by atoms with Crippen LogP contribution in [0.25, 0.3) is 0 Å². The molecule has 0 aromatic heterocycles. The van der Waals surface area contributed by atoms with Crippen LogP contribution >= 0.6 is 12.4 Å². The summed E-state index contributed by atoms with van der Waals surface area (Å²) in [7, 11) is -1.99. The first-order valence-corrected chi connectivity index (χ1v) is 10.9. The van der Waals surface area contributed by atoms with Gasteiger partial charge < -0.3 is 15.0 Å². The number of sulfone groups is 1. The SMILES string of the molecule is CCCN(C(=O)C(C)CS(=O)(=O)c1ccc(OC)cc1)C1CCNCC1.Cl. The summed E-state index contributed by atoms with van der Waals surface area (Å²) in [5.41, 5.74) is 0. The van der Waals surface area contributed by atoms with E-state index in [1.807, 2.05) is 11.8 Å². The van der Waals surface area contributed by atoms with Gasteiger partial charge in [0.05, 0.1) is 17.8 Å². The van der Waals surface area contributed by atoms with Crippen LogP contribution in [-0.4, -0.2) is 57.8 Å². The summed E-state index contributed by atoms with van der Waals surface area (Å²) in [6.07, 6.45) is 2.71. The lowest BCUT2D eigenvalue weighted by atomic mass is 10.0. The molecule has 27 heavy (non-hydrogen) atoms. The molecule has 1 fully saturated rings. The fraction of sp³-hybridized carbons (Fsp3) is 0.632. The van der Waals surface area contributed by atoms with E-state index in [9.17, 15) is 13.2 Å². The van der Waals surface area contributed by atoms with E-state index in [0.29, 0.717) is 12.3 Å². The maximum atomic E-state index is 13.0. The number of amides is 1. The molecule has 1 heterocycles. The molecule has 1 N–H and O–H groups in total. The molecule has 1 aromatic carbocycles. The van der Waals surface area contributed by atoms with Gasteiger partial charge in [-0.15, -0.1) is 12.4 Å². The fourth-order valence-electron chi connectivity index (χ4n) is 3.39. The maximum Gasteiger partial charge on any atom is 0.226 e. The van der Waals surface area contributed by atoms with Gasteiger partial charge in [0.2, 0.25) is 5.91 Å². The Hall–Kier alpha value is -1.31. The average molecular weight is 419 g/mol. The van der Waals surface area contributed by atoms with Crippen molar-refractivity contribution in [3.63, 3.8) is 0 Å². The summed E-state index contributed by atoms with van der Waals surface area (Å²) in [6.45, 7) is 6.23. The van der Waals surface area contributed by atoms with Crippen molar-refractivity contribution in [3.8, 4) is 5.75 Å². The quantitative estimate of drug-likeness (QED) is 0.702. The Labute approximate surface area is 169 Å². The van der Waals surface area contributed by atoms with Crippen LogP contribution in [0.3, 0.4) is 0 Å². The lowest BCUT2D eigenvalue weighted by Gasteiger charge is -2.36. The van der Waals surface area contributed by atoms with Gasteiger partial charge in [0.15, 0.2) is 9.84 Å². The highest BCUT2D eigenvalue weighted by Crippen LogP contribution is 2.21. The molecular weight excluding hydrogens is 388 g/mol. The van der Waals surface area contributed by atoms with Gasteiger partial charge in [-0.1, -0.05) is 13.8 Å². The Kier molecular flexibility index (Phi) is 9.56. The number of ether oxygens (including phenoxy) is 1. The largest absolute Gasteiger partial charge is 0.497 e. The predicted octanol–water partition coefficient (Wildman–Crippen LogP) is 2.52. The van der Waals surface area contributed by atoms with Crippen LogP contribution in [0.4, 0.5) is 0 Å². The van der Waals surface area contributed by atoms with Gasteiger partial charge in [0.25, 0.3) is 0 Å². The van der Waals surface area contributed by atoms with E-state index >= 15 is 0 Å². The molecule has 0 radical (unpaired) electrons. The summed E-state index contributed by atoms with van der Waals surface area (Å²) < 4.78 is 30.4. The number of nitrogens with zero attached hydrogens (tertiary/aromatic N) is 1. The summed E-state index contributed by atoms with van der Waals surface area (Å²) in [6, 6.07) is 6.51. The first-order valence-electron chi connectivity index (χ1n) is 9.27. The van der Waals surface area contributed by atoms with Crippen LogP contribution in [0.1, 0.15) is 33.1 Å². The molecule has 1 aromatic rings. The second kappa shape index (κ2) is 10.9. The number of benzene rings is 1. The number of nitrogens with one attached hydrogen (secondary N) is 1. The zero-order valence-electron chi connectivity index (χ0n) is 16.3. The normalized spacial score (nSPS) is 16.3. The molecule has 0 aliphatic carbocycles. The van der Waals surface area contributed by atoms with E-state index in [4.69, 9.17) is 4.74 Å². The summed E-state index contributed by atoms with van der Waals surface area (Å²) >= 11 is 0. The number of rotatable bonds is 8. The van der Waals surface area contributed by atoms with Crippen LogP contribution in [-0.2, 0) is 14.6 Å². The third-order valence-electron chi connectivity index (χ3n) is 4.81. The van der Waals surface area contributed by atoms with Crippen LogP contribution < -0.4 is 10.1 Å². The van der Waals surface area contributed by atoms with Crippen LogP contribution in [0.5, 0.6) is 5.75 Å². The van der Waals surface area contributed by atoms with Crippen molar-refractivity contribution in [1.82, 2.24) is 10.2 Å². The summed E-state index contributed by atoms with van der Waals surface area (Å²) in [5, 5.41) is 3.30. The molecule has 0 spiro atoms. The Morgan fingerprint density at radius 1 is 1.26 bits per heavy atom. The fourth-order valence-corrected chi connectivity index (χ4v) is 4.94. The molecule has 1 saturated heterocycles. The number of carbonyl (C=O) groups excluding carboxylic acids is 1. The monoisotopic (exact) mass is 418 g/mol. The Morgan fingerprint density at radius 3 is 2.37 bits per heavy atom. The number of piperidine rings is 1. The zero-order chi connectivity index (χ0) is 19.2. The standard InChI is InChI=1S/C19H30N2O4S.ClH/c1-4-13-21(16-9-11-20-12-10-16)19(22)15(2)14-26(23,24)18-7-5-17(25-3)6-8-18;/h5-8,15-16,20H,4,9-14H2,1-3H3;1H. The highest BCUT2D eigenvalue weighted by molar-refractivity contribution is 7.91.